The van der Waals surface area contributed by atoms with E-state index in [4.69, 9.17) is 0 Å². The second-order valence-electron chi connectivity index (χ2n) is 7.38. The highest BCUT2D eigenvalue weighted by atomic mass is 16.2. The van der Waals surface area contributed by atoms with Crippen LogP contribution in [0, 0.1) is 20.8 Å². The van der Waals surface area contributed by atoms with Crippen LogP contribution in [0.1, 0.15) is 47.8 Å². The summed E-state index contributed by atoms with van der Waals surface area (Å²) >= 11 is 0. The van der Waals surface area contributed by atoms with E-state index in [0.717, 1.165) is 27.8 Å². The minimum Gasteiger partial charge on any atom is -0.342 e. The number of fused-ring (bicyclic) bond motifs is 1. The van der Waals surface area contributed by atoms with Gasteiger partial charge in [0, 0.05) is 28.2 Å². The first kappa shape index (κ1) is 18.9. The van der Waals surface area contributed by atoms with Crippen LogP contribution in [0.2, 0.25) is 0 Å². The fourth-order valence-electron chi connectivity index (χ4n) is 3.67. The van der Waals surface area contributed by atoms with Gasteiger partial charge in [0.2, 0.25) is 5.91 Å². The fourth-order valence-corrected chi connectivity index (χ4v) is 3.67. The molecule has 1 amide bonds. The molecule has 2 aromatic carbocycles. The van der Waals surface area contributed by atoms with E-state index in [-0.39, 0.29) is 5.91 Å². The summed E-state index contributed by atoms with van der Waals surface area (Å²) in [6.45, 7) is 10.5. The lowest BCUT2D eigenvalue weighted by atomic mass is 10.0. The molecule has 0 aliphatic carbocycles. The molecule has 0 aliphatic heterocycles. The second-order valence-corrected chi connectivity index (χ2v) is 7.38. The number of para-hydroxylation sites is 1. The minimum absolute atomic E-state index is 0.108. The van der Waals surface area contributed by atoms with Gasteiger partial charge in [-0.1, -0.05) is 42.0 Å². The summed E-state index contributed by atoms with van der Waals surface area (Å²) in [4.78, 5) is 12.3. The van der Waals surface area contributed by atoms with Crippen molar-refractivity contribution in [1.82, 2.24) is 9.99 Å². The molecule has 0 saturated carbocycles. The van der Waals surface area contributed by atoms with Gasteiger partial charge in [0.25, 0.3) is 0 Å². The van der Waals surface area contributed by atoms with Gasteiger partial charge in [0.05, 0.1) is 12.6 Å². The van der Waals surface area contributed by atoms with Crippen molar-refractivity contribution in [1.29, 1.82) is 0 Å². The first-order valence-electron chi connectivity index (χ1n) is 9.36. The van der Waals surface area contributed by atoms with Gasteiger partial charge >= 0.3 is 0 Å². The van der Waals surface area contributed by atoms with Crippen LogP contribution in [0.3, 0.4) is 0 Å². The topological polar surface area (TPSA) is 46.4 Å². The molecule has 3 aromatic rings. The predicted octanol–water partition coefficient (Wildman–Crippen LogP) is 4.84. The minimum atomic E-state index is -0.108. The number of hydrogen-bond donors (Lipinski definition) is 1. The molecule has 0 aliphatic rings. The summed E-state index contributed by atoms with van der Waals surface area (Å²) in [6, 6.07) is 14.8. The molecule has 0 fully saturated rings. The highest BCUT2D eigenvalue weighted by Crippen LogP contribution is 2.27. The molecular weight excluding hydrogens is 334 g/mol. The van der Waals surface area contributed by atoms with Gasteiger partial charge in [-0.25, -0.2) is 5.43 Å². The zero-order valence-corrected chi connectivity index (χ0v) is 16.7. The number of nitrogens with zero attached hydrogens (tertiary/aromatic N) is 2. The first-order valence-corrected chi connectivity index (χ1v) is 9.36. The summed E-state index contributed by atoms with van der Waals surface area (Å²) in [5, 5.41) is 5.38. The van der Waals surface area contributed by atoms with Gasteiger partial charge in [-0.15, -0.1) is 0 Å². The summed E-state index contributed by atoms with van der Waals surface area (Å²) in [6.07, 6.45) is 2.09. The highest BCUT2D eigenvalue weighted by Gasteiger charge is 2.14. The maximum absolute atomic E-state index is 12.3. The summed E-state index contributed by atoms with van der Waals surface area (Å²) in [5.74, 6) is -0.108. The molecule has 0 spiro atoms. The number of carbonyl (C=O) groups is 1. The van der Waals surface area contributed by atoms with E-state index in [0.29, 0.717) is 12.5 Å². The van der Waals surface area contributed by atoms with Gasteiger partial charge in [-0.3, -0.25) is 4.79 Å². The molecule has 4 nitrogen and oxygen atoms in total. The Bertz CT molecular complexity index is 1010. The largest absolute Gasteiger partial charge is 0.342 e. The first-order chi connectivity index (χ1) is 12.9. The van der Waals surface area contributed by atoms with Gasteiger partial charge < -0.3 is 4.57 Å². The smallest absolute Gasteiger partial charge is 0.244 e. The fraction of sp³-hybridized carbons (Fsp3) is 0.304. The lowest BCUT2D eigenvalue weighted by molar-refractivity contribution is -0.120. The second kappa shape index (κ2) is 7.78. The number of aryl methyl sites for hydroxylation is 2. The average molecular weight is 361 g/mol. The number of rotatable bonds is 5. The van der Waals surface area contributed by atoms with Gasteiger partial charge in [0.1, 0.15) is 0 Å². The maximum Gasteiger partial charge on any atom is 0.244 e. The Morgan fingerprint density at radius 3 is 2.59 bits per heavy atom. The molecule has 0 saturated heterocycles. The monoisotopic (exact) mass is 361 g/mol. The van der Waals surface area contributed by atoms with Gasteiger partial charge in [-0.2, -0.15) is 5.10 Å². The van der Waals surface area contributed by atoms with E-state index in [1.54, 1.807) is 6.21 Å². The maximum atomic E-state index is 12.3. The van der Waals surface area contributed by atoms with Crippen LogP contribution in [0.4, 0.5) is 0 Å². The number of benzene rings is 2. The van der Waals surface area contributed by atoms with Crippen LogP contribution in [0.25, 0.3) is 10.9 Å². The van der Waals surface area contributed by atoms with E-state index in [9.17, 15) is 4.79 Å². The van der Waals surface area contributed by atoms with E-state index in [1.165, 1.54) is 11.1 Å². The van der Waals surface area contributed by atoms with Crippen LogP contribution >= 0.6 is 0 Å². The highest BCUT2D eigenvalue weighted by molar-refractivity contribution is 6.01. The molecule has 27 heavy (non-hydrogen) atoms. The summed E-state index contributed by atoms with van der Waals surface area (Å²) in [5.41, 5.74) is 9.42. The van der Waals surface area contributed by atoms with Crippen molar-refractivity contribution >= 4 is 23.0 Å². The molecule has 0 bridgehead atoms. The van der Waals surface area contributed by atoms with Crippen molar-refractivity contribution in [3.63, 3.8) is 0 Å². The molecule has 140 valence electrons. The average Bonchev–Trinajstić information content (AvgIpc) is 2.89. The number of carbonyl (C=O) groups excluding carboxylic acids is 1. The Balaban J connectivity index is 1.78. The standard InChI is InChI=1S/C23H27N3O/c1-15(2)26-18(5)21(20-8-6-7-9-22(20)26)14-24-25-23(27)13-19-11-10-16(3)12-17(19)4/h6-12,14-15H,13H2,1-5H3,(H,25,27)/b24-14-. The number of hydrazone groups is 1. The molecule has 4 heteroatoms. The Kier molecular flexibility index (Phi) is 5.45. The van der Waals surface area contributed by atoms with Crippen LogP contribution in [-0.2, 0) is 11.2 Å². The molecule has 1 aromatic heterocycles. The van der Waals surface area contributed by atoms with E-state index >= 15 is 0 Å². The van der Waals surface area contributed by atoms with Gasteiger partial charge in [0.15, 0.2) is 0 Å². The third-order valence-electron chi connectivity index (χ3n) is 4.95. The van der Waals surface area contributed by atoms with E-state index < -0.39 is 0 Å². The summed E-state index contributed by atoms with van der Waals surface area (Å²) < 4.78 is 2.30. The number of aromatic nitrogens is 1. The lowest BCUT2D eigenvalue weighted by Crippen LogP contribution is -2.20. The normalized spacial score (nSPS) is 11.6. The zero-order chi connectivity index (χ0) is 19.6. The van der Waals surface area contributed by atoms with Crippen molar-refractivity contribution in [2.45, 2.75) is 47.1 Å². The Morgan fingerprint density at radius 2 is 1.89 bits per heavy atom. The summed E-state index contributed by atoms with van der Waals surface area (Å²) in [7, 11) is 0. The SMILES string of the molecule is Cc1ccc(CC(=O)N/N=C\c2c(C)n(C(C)C)c3ccccc23)c(C)c1. The van der Waals surface area contributed by atoms with Gasteiger partial charge in [-0.05, 0) is 51.8 Å². The Hall–Kier alpha value is -2.88. The van der Waals surface area contributed by atoms with E-state index in [2.05, 4.69) is 61.0 Å². The number of nitrogens with one attached hydrogen (secondary N) is 1. The molecule has 0 atom stereocenters. The van der Waals surface area contributed by atoms with Crippen molar-refractivity contribution in [2.24, 2.45) is 5.10 Å². The number of amides is 1. The molecular formula is C23H27N3O. The predicted molar refractivity (Wildman–Crippen MR) is 112 cm³/mol. The zero-order valence-electron chi connectivity index (χ0n) is 16.7. The number of hydrogen-bond acceptors (Lipinski definition) is 2. The van der Waals surface area contributed by atoms with Crippen molar-refractivity contribution in [3.8, 4) is 0 Å². The van der Waals surface area contributed by atoms with Crippen LogP contribution in [0.15, 0.2) is 47.6 Å². The lowest BCUT2D eigenvalue weighted by Gasteiger charge is -2.12. The third-order valence-corrected chi connectivity index (χ3v) is 4.95. The Labute approximate surface area is 160 Å². The molecule has 3 rings (SSSR count). The Morgan fingerprint density at radius 1 is 1.15 bits per heavy atom. The van der Waals surface area contributed by atoms with E-state index in [1.807, 2.05) is 31.2 Å². The van der Waals surface area contributed by atoms with Crippen LogP contribution < -0.4 is 5.43 Å². The van der Waals surface area contributed by atoms with Crippen molar-refractivity contribution in [3.05, 3.63) is 70.4 Å². The quantitative estimate of drug-likeness (QED) is 0.513. The van der Waals surface area contributed by atoms with Crippen molar-refractivity contribution in [2.75, 3.05) is 0 Å². The van der Waals surface area contributed by atoms with Crippen molar-refractivity contribution < 1.29 is 4.79 Å². The molecule has 0 radical (unpaired) electrons. The molecule has 1 N–H and O–H groups in total. The van der Waals surface area contributed by atoms with Crippen LogP contribution in [0.5, 0.6) is 0 Å². The van der Waals surface area contributed by atoms with Crippen LogP contribution in [-0.4, -0.2) is 16.7 Å². The third kappa shape index (κ3) is 3.95. The molecule has 0 unspecified atom stereocenters. The molecule has 1 heterocycles.